The van der Waals surface area contributed by atoms with Gasteiger partial charge in [-0.25, -0.2) is 9.99 Å². The fourth-order valence-corrected chi connectivity index (χ4v) is 2.62. The standard InChI is InChI=1S/C15H12Cl2N6O.C2H4O2/c16-11-3-1-8(5-12(11)17)7-23(22-24)9-2-4-13-10(6-9)14(18)21-15(19)20-13;1-2(3)4/h1-6H,7H2,(H4,18,19,20,21);1H3,(H,3,4). The van der Waals surface area contributed by atoms with Crippen LogP contribution in [0.1, 0.15) is 12.5 Å². The molecule has 1 heterocycles. The van der Waals surface area contributed by atoms with Gasteiger partial charge in [0.2, 0.25) is 5.95 Å². The summed E-state index contributed by atoms with van der Waals surface area (Å²) in [6.45, 7) is 1.31. The Kier molecular flexibility index (Phi) is 6.91. The van der Waals surface area contributed by atoms with E-state index in [0.29, 0.717) is 26.6 Å². The first-order valence-electron chi connectivity index (χ1n) is 7.78. The SMILES string of the molecule is CC(=O)O.Nc1nc(N)c2cc(N(Cc3ccc(Cl)c(Cl)c3)N=O)ccc2n1. The van der Waals surface area contributed by atoms with E-state index in [1.165, 1.54) is 5.01 Å². The van der Waals surface area contributed by atoms with Gasteiger partial charge in [0.15, 0.2) is 0 Å². The Bertz CT molecular complexity index is 1030. The number of carboxylic acids is 1. The Labute approximate surface area is 169 Å². The molecule has 0 aliphatic rings. The van der Waals surface area contributed by atoms with Gasteiger partial charge in [0.05, 0.1) is 33.1 Å². The van der Waals surface area contributed by atoms with Crippen LogP contribution >= 0.6 is 23.2 Å². The minimum atomic E-state index is -0.833. The molecule has 0 spiro atoms. The van der Waals surface area contributed by atoms with Gasteiger partial charge in [-0.3, -0.25) is 4.79 Å². The Morgan fingerprint density at radius 2 is 1.82 bits per heavy atom. The van der Waals surface area contributed by atoms with E-state index in [4.69, 9.17) is 44.6 Å². The topological polar surface area (TPSA) is 148 Å². The first kappa shape index (κ1) is 21.1. The molecular weight excluding hydrogens is 407 g/mol. The van der Waals surface area contributed by atoms with Crippen molar-refractivity contribution in [2.75, 3.05) is 16.5 Å². The second kappa shape index (κ2) is 9.16. The Morgan fingerprint density at radius 1 is 1.14 bits per heavy atom. The lowest BCUT2D eigenvalue weighted by molar-refractivity contribution is -0.134. The van der Waals surface area contributed by atoms with Crippen LogP contribution in [0.3, 0.4) is 0 Å². The van der Waals surface area contributed by atoms with E-state index in [9.17, 15) is 4.91 Å². The highest BCUT2D eigenvalue weighted by atomic mass is 35.5. The third kappa shape index (κ3) is 5.41. The van der Waals surface area contributed by atoms with Crippen molar-refractivity contribution in [2.24, 2.45) is 5.29 Å². The van der Waals surface area contributed by atoms with Crippen LogP contribution < -0.4 is 16.5 Å². The number of aromatic nitrogens is 2. The summed E-state index contributed by atoms with van der Waals surface area (Å²) in [5, 5.41) is 13.2. The van der Waals surface area contributed by atoms with E-state index in [1.807, 2.05) is 0 Å². The molecule has 5 N–H and O–H groups in total. The number of nitroso groups, excluding NO2 is 1. The lowest BCUT2D eigenvalue weighted by atomic mass is 10.2. The number of hydrogen-bond donors (Lipinski definition) is 3. The molecule has 0 atom stereocenters. The molecule has 0 saturated heterocycles. The molecule has 0 bridgehead atoms. The average molecular weight is 423 g/mol. The molecule has 0 aliphatic heterocycles. The van der Waals surface area contributed by atoms with Crippen LogP contribution in [0.25, 0.3) is 10.9 Å². The summed E-state index contributed by atoms with van der Waals surface area (Å²) in [5.74, 6) is -0.506. The van der Waals surface area contributed by atoms with Gasteiger partial charge in [-0.1, -0.05) is 29.3 Å². The van der Waals surface area contributed by atoms with Crippen molar-refractivity contribution < 1.29 is 9.90 Å². The molecular formula is C17H16Cl2N6O3. The molecule has 0 aliphatic carbocycles. The van der Waals surface area contributed by atoms with Crippen LogP contribution in [0.2, 0.25) is 10.0 Å². The highest BCUT2D eigenvalue weighted by Crippen LogP contribution is 2.28. The summed E-state index contributed by atoms with van der Waals surface area (Å²) in [5.41, 5.74) is 13.4. The highest BCUT2D eigenvalue weighted by Gasteiger charge is 2.12. The number of aliphatic carboxylic acids is 1. The number of nitrogens with two attached hydrogens (primary N) is 2. The lowest BCUT2D eigenvalue weighted by Crippen LogP contribution is -2.14. The molecule has 0 unspecified atom stereocenters. The quantitative estimate of drug-likeness (QED) is 0.423. The molecule has 0 amide bonds. The third-order valence-corrected chi connectivity index (χ3v) is 4.18. The average Bonchev–Trinajstić information content (AvgIpc) is 2.62. The Balaban J connectivity index is 0.000000640. The van der Waals surface area contributed by atoms with Crippen molar-refractivity contribution in [3.05, 3.63) is 56.9 Å². The number of rotatable bonds is 4. The summed E-state index contributed by atoms with van der Waals surface area (Å²) in [4.78, 5) is 28.3. The maximum atomic E-state index is 11.3. The molecule has 1 aromatic heterocycles. The zero-order valence-electron chi connectivity index (χ0n) is 14.6. The van der Waals surface area contributed by atoms with E-state index in [-0.39, 0.29) is 18.3 Å². The van der Waals surface area contributed by atoms with E-state index >= 15 is 0 Å². The minimum Gasteiger partial charge on any atom is -0.481 e. The number of carboxylic acid groups (broad SMARTS) is 1. The van der Waals surface area contributed by atoms with Gasteiger partial charge in [-0.05, 0) is 35.9 Å². The van der Waals surface area contributed by atoms with E-state index in [1.54, 1.807) is 36.4 Å². The molecule has 0 radical (unpaired) electrons. The number of nitrogen functional groups attached to an aromatic ring is 2. The molecule has 11 heteroatoms. The first-order chi connectivity index (χ1) is 13.2. The van der Waals surface area contributed by atoms with Crippen molar-refractivity contribution in [1.29, 1.82) is 0 Å². The van der Waals surface area contributed by atoms with Crippen molar-refractivity contribution in [1.82, 2.24) is 9.97 Å². The highest BCUT2D eigenvalue weighted by molar-refractivity contribution is 6.42. The second-order valence-corrected chi connectivity index (χ2v) is 6.39. The van der Waals surface area contributed by atoms with Crippen LogP contribution in [0.15, 0.2) is 41.7 Å². The summed E-state index contributed by atoms with van der Waals surface area (Å²) in [7, 11) is 0. The number of halogens is 2. The van der Waals surface area contributed by atoms with Crippen LogP contribution in [0.5, 0.6) is 0 Å². The minimum absolute atomic E-state index is 0.0916. The summed E-state index contributed by atoms with van der Waals surface area (Å²) >= 11 is 11.9. The molecule has 3 aromatic rings. The molecule has 9 nitrogen and oxygen atoms in total. The number of fused-ring (bicyclic) bond motifs is 1. The molecule has 0 fully saturated rings. The van der Waals surface area contributed by atoms with Crippen molar-refractivity contribution in [2.45, 2.75) is 13.5 Å². The van der Waals surface area contributed by atoms with Gasteiger partial charge in [0.25, 0.3) is 5.97 Å². The van der Waals surface area contributed by atoms with E-state index in [0.717, 1.165) is 12.5 Å². The summed E-state index contributed by atoms with van der Waals surface area (Å²) < 4.78 is 0. The first-order valence-corrected chi connectivity index (χ1v) is 8.54. The molecule has 2 aromatic carbocycles. The molecule has 3 rings (SSSR count). The molecule has 0 saturated carbocycles. The van der Waals surface area contributed by atoms with Gasteiger partial charge in [0.1, 0.15) is 5.82 Å². The zero-order chi connectivity index (χ0) is 20.8. The monoisotopic (exact) mass is 422 g/mol. The lowest BCUT2D eigenvalue weighted by Gasteiger charge is -2.16. The van der Waals surface area contributed by atoms with Gasteiger partial charge >= 0.3 is 0 Å². The molecule has 146 valence electrons. The fourth-order valence-electron chi connectivity index (χ4n) is 2.30. The van der Waals surface area contributed by atoms with Gasteiger partial charge in [-0.15, -0.1) is 4.91 Å². The predicted octanol–water partition coefficient (Wildman–Crippen LogP) is 3.88. The second-order valence-electron chi connectivity index (χ2n) is 5.58. The Morgan fingerprint density at radius 3 is 2.43 bits per heavy atom. The molecule has 28 heavy (non-hydrogen) atoms. The Hall–Kier alpha value is -3.17. The zero-order valence-corrected chi connectivity index (χ0v) is 16.1. The third-order valence-electron chi connectivity index (χ3n) is 3.44. The normalized spacial score (nSPS) is 10.1. The van der Waals surface area contributed by atoms with Gasteiger partial charge in [0, 0.05) is 12.3 Å². The van der Waals surface area contributed by atoms with Crippen LogP contribution in [0.4, 0.5) is 17.5 Å². The fraction of sp³-hybridized carbons (Fsp3) is 0.118. The van der Waals surface area contributed by atoms with E-state index in [2.05, 4.69) is 15.3 Å². The number of anilines is 3. The number of hydrogen-bond acceptors (Lipinski definition) is 7. The van der Waals surface area contributed by atoms with Gasteiger partial charge in [-0.2, -0.15) is 4.98 Å². The van der Waals surface area contributed by atoms with Crippen molar-refractivity contribution in [3.63, 3.8) is 0 Å². The summed E-state index contributed by atoms with van der Waals surface area (Å²) in [6, 6.07) is 10.2. The maximum absolute atomic E-state index is 11.3. The smallest absolute Gasteiger partial charge is 0.300 e. The van der Waals surface area contributed by atoms with Crippen LogP contribution in [-0.2, 0) is 11.3 Å². The van der Waals surface area contributed by atoms with Crippen molar-refractivity contribution >= 4 is 57.5 Å². The largest absolute Gasteiger partial charge is 0.481 e. The maximum Gasteiger partial charge on any atom is 0.300 e. The number of carbonyl (C=O) groups is 1. The van der Waals surface area contributed by atoms with Gasteiger partial charge < -0.3 is 16.6 Å². The predicted molar refractivity (Wildman–Crippen MR) is 110 cm³/mol. The van der Waals surface area contributed by atoms with Crippen molar-refractivity contribution in [3.8, 4) is 0 Å². The van der Waals surface area contributed by atoms with Crippen LogP contribution in [0, 0.1) is 4.91 Å². The summed E-state index contributed by atoms with van der Waals surface area (Å²) in [6.07, 6.45) is 0. The number of nitrogens with zero attached hydrogens (tertiary/aromatic N) is 4. The number of benzene rings is 2. The van der Waals surface area contributed by atoms with E-state index < -0.39 is 5.97 Å². The van der Waals surface area contributed by atoms with Crippen LogP contribution in [-0.4, -0.2) is 21.0 Å².